The van der Waals surface area contributed by atoms with E-state index in [-0.39, 0.29) is 5.56 Å². The SMILES string of the molecule is COc1ccc2[nH]c(=O)c(C3=NCCN3Cc3cccc(OCc4ccc5ccccc5n4)c3)cc2c1. The minimum absolute atomic E-state index is 0.150. The van der Waals surface area contributed by atoms with Crippen LogP contribution in [0.4, 0.5) is 0 Å². The molecule has 5 aromatic rings. The highest BCUT2D eigenvalue weighted by Gasteiger charge is 2.22. The minimum atomic E-state index is -0.150. The van der Waals surface area contributed by atoms with Gasteiger partial charge in [0, 0.05) is 29.4 Å². The molecule has 0 saturated carbocycles. The molecule has 3 heterocycles. The van der Waals surface area contributed by atoms with Gasteiger partial charge < -0.3 is 19.4 Å². The first-order valence-electron chi connectivity index (χ1n) is 12.2. The van der Waals surface area contributed by atoms with Crippen LogP contribution in [0.15, 0.2) is 94.7 Å². The molecule has 0 radical (unpaired) electrons. The first-order chi connectivity index (χ1) is 18.2. The molecule has 1 aliphatic heterocycles. The Morgan fingerprint density at radius 3 is 2.76 bits per heavy atom. The van der Waals surface area contributed by atoms with Crippen LogP contribution in [0.5, 0.6) is 11.5 Å². The quantitative estimate of drug-likeness (QED) is 0.350. The number of nitrogens with zero attached hydrogens (tertiary/aromatic N) is 3. The molecule has 7 heteroatoms. The van der Waals surface area contributed by atoms with Crippen molar-refractivity contribution in [1.29, 1.82) is 0 Å². The fraction of sp³-hybridized carbons (Fsp3) is 0.167. The molecule has 1 aliphatic rings. The van der Waals surface area contributed by atoms with E-state index in [1.54, 1.807) is 7.11 Å². The Hall–Kier alpha value is -4.65. The smallest absolute Gasteiger partial charge is 0.259 e. The lowest BCUT2D eigenvalue weighted by atomic mass is 10.1. The minimum Gasteiger partial charge on any atom is -0.497 e. The first-order valence-corrected chi connectivity index (χ1v) is 12.2. The van der Waals surface area contributed by atoms with Crippen LogP contribution in [0, 0.1) is 0 Å². The summed E-state index contributed by atoms with van der Waals surface area (Å²) in [6.07, 6.45) is 0. The number of para-hydroxylation sites is 1. The summed E-state index contributed by atoms with van der Waals surface area (Å²) in [5.41, 5.74) is 4.10. The standard InChI is InChI=1S/C30H26N4O3/c1-36-24-11-12-28-22(16-24)17-26(30(35)33-28)29-31-13-14-34(29)18-20-5-4-7-25(15-20)37-19-23-10-9-21-6-2-3-8-27(21)32-23/h2-12,15-17H,13-14,18-19H2,1H3,(H,33,35). The van der Waals surface area contributed by atoms with Crippen LogP contribution in [0.2, 0.25) is 0 Å². The van der Waals surface area contributed by atoms with Crippen molar-refractivity contribution in [2.45, 2.75) is 13.2 Å². The van der Waals surface area contributed by atoms with Crippen LogP contribution in [-0.2, 0) is 13.2 Å². The van der Waals surface area contributed by atoms with Gasteiger partial charge in [-0.2, -0.15) is 0 Å². The topological polar surface area (TPSA) is 79.8 Å². The highest BCUT2D eigenvalue weighted by molar-refractivity contribution is 6.02. The summed E-state index contributed by atoms with van der Waals surface area (Å²) in [7, 11) is 1.63. The lowest BCUT2D eigenvalue weighted by Crippen LogP contribution is -2.32. The zero-order valence-electron chi connectivity index (χ0n) is 20.5. The monoisotopic (exact) mass is 490 g/mol. The number of amidine groups is 1. The van der Waals surface area contributed by atoms with E-state index in [1.165, 1.54) is 0 Å². The van der Waals surface area contributed by atoms with Crippen molar-refractivity contribution in [3.63, 3.8) is 0 Å². The van der Waals surface area contributed by atoms with Crippen molar-refractivity contribution >= 4 is 27.6 Å². The second-order valence-electron chi connectivity index (χ2n) is 9.02. The molecule has 0 unspecified atom stereocenters. The van der Waals surface area contributed by atoms with Crippen molar-refractivity contribution < 1.29 is 9.47 Å². The molecule has 2 aromatic heterocycles. The Balaban J connectivity index is 1.19. The summed E-state index contributed by atoms with van der Waals surface area (Å²) in [5.74, 6) is 2.23. The molecule has 0 spiro atoms. The second kappa shape index (κ2) is 9.78. The van der Waals surface area contributed by atoms with E-state index >= 15 is 0 Å². The third kappa shape index (κ3) is 4.76. The zero-order valence-corrected chi connectivity index (χ0v) is 20.5. The van der Waals surface area contributed by atoms with Gasteiger partial charge in [-0.25, -0.2) is 4.98 Å². The predicted octanol–water partition coefficient (Wildman–Crippen LogP) is 4.93. The number of hydrogen-bond acceptors (Lipinski definition) is 6. The predicted molar refractivity (Wildman–Crippen MR) is 145 cm³/mol. The highest BCUT2D eigenvalue weighted by atomic mass is 16.5. The van der Waals surface area contributed by atoms with Crippen molar-refractivity contribution in [2.75, 3.05) is 20.2 Å². The van der Waals surface area contributed by atoms with E-state index in [0.717, 1.165) is 51.1 Å². The Bertz CT molecular complexity index is 1690. The van der Waals surface area contributed by atoms with Gasteiger partial charge in [0.2, 0.25) is 0 Å². The molecule has 0 amide bonds. The number of fused-ring (bicyclic) bond motifs is 2. The highest BCUT2D eigenvalue weighted by Crippen LogP contribution is 2.22. The van der Waals surface area contributed by atoms with Gasteiger partial charge in [-0.3, -0.25) is 9.79 Å². The molecule has 6 rings (SSSR count). The number of ether oxygens (including phenoxy) is 2. The molecule has 0 saturated heterocycles. The summed E-state index contributed by atoms with van der Waals surface area (Å²) in [6, 6.07) is 27.6. The zero-order chi connectivity index (χ0) is 25.2. The summed E-state index contributed by atoms with van der Waals surface area (Å²) in [4.78, 5) is 27.4. The number of methoxy groups -OCH3 is 1. The van der Waals surface area contributed by atoms with Crippen LogP contribution in [-0.4, -0.2) is 40.9 Å². The summed E-state index contributed by atoms with van der Waals surface area (Å²) < 4.78 is 11.4. The van der Waals surface area contributed by atoms with Crippen LogP contribution in [0.25, 0.3) is 21.8 Å². The van der Waals surface area contributed by atoms with Crippen LogP contribution in [0.1, 0.15) is 16.8 Å². The van der Waals surface area contributed by atoms with Crippen molar-refractivity contribution in [1.82, 2.24) is 14.9 Å². The lowest BCUT2D eigenvalue weighted by Gasteiger charge is -2.21. The van der Waals surface area contributed by atoms with Gasteiger partial charge in [-0.1, -0.05) is 36.4 Å². The Labute approximate surface area is 214 Å². The van der Waals surface area contributed by atoms with Crippen LogP contribution < -0.4 is 15.0 Å². The molecular weight excluding hydrogens is 464 g/mol. The fourth-order valence-corrected chi connectivity index (χ4v) is 4.67. The van der Waals surface area contributed by atoms with E-state index in [1.807, 2.05) is 66.7 Å². The normalized spacial score (nSPS) is 13.2. The fourth-order valence-electron chi connectivity index (χ4n) is 4.67. The van der Waals surface area contributed by atoms with E-state index in [4.69, 9.17) is 14.5 Å². The Morgan fingerprint density at radius 1 is 0.919 bits per heavy atom. The molecule has 37 heavy (non-hydrogen) atoms. The summed E-state index contributed by atoms with van der Waals surface area (Å²) in [6.45, 7) is 2.41. The van der Waals surface area contributed by atoms with Gasteiger partial charge in [-0.05, 0) is 54.1 Å². The number of benzene rings is 3. The molecule has 0 bridgehead atoms. The molecule has 7 nitrogen and oxygen atoms in total. The maximum absolute atomic E-state index is 12.9. The maximum atomic E-state index is 12.9. The molecule has 184 valence electrons. The number of H-pyrrole nitrogens is 1. The van der Waals surface area contributed by atoms with Gasteiger partial charge >= 0.3 is 0 Å². The number of nitrogens with one attached hydrogen (secondary N) is 1. The number of aromatic nitrogens is 2. The largest absolute Gasteiger partial charge is 0.497 e. The molecule has 0 fully saturated rings. The van der Waals surface area contributed by atoms with E-state index < -0.39 is 0 Å². The van der Waals surface area contributed by atoms with Crippen molar-refractivity contribution in [3.8, 4) is 11.5 Å². The average Bonchev–Trinajstić information content (AvgIpc) is 3.39. The van der Waals surface area contributed by atoms with E-state index in [0.29, 0.717) is 31.1 Å². The van der Waals surface area contributed by atoms with Gasteiger partial charge in [0.1, 0.15) is 23.9 Å². The van der Waals surface area contributed by atoms with Gasteiger partial charge in [0.25, 0.3) is 5.56 Å². The number of aliphatic imine (C=N–C) groups is 1. The third-order valence-electron chi connectivity index (χ3n) is 6.54. The molecular formula is C30H26N4O3. The Morgan fingerprint density at radius 2 is 1.84 bits per heavy atom. The number of hydrogen-bond donors (Lipinski definition) is 1. The van der Waals surface area contributed by atoms with E-state index in [2.05, 4.69) is 33.1 Å². The third-order valence-corrected chi connectivity index (χ3v) is 6.54. The van der Waals surface area contributed by atoms with Gasteiger partial charge in [0.05, 0.1) is 30.4 Å². The molecule has 0 aliphatic carbocycles. The average molecular weight is 491 g/mol. The molecule has 1 N–H and O–H groups in total. The van der Waals surface area contributed by atoms with E-state index in [9.17, 15) is 4.79 Å². The van der Waals surface area contributed by atoms with Gasteiger partial charge in [0.15, 0.2) is 0 Å². The van der Waals surface area contributed by atoms with Crippen molar-refractivity contribution in [2.24, 2.45) is 4.99 Å². The number of pyridine rings is 2. The summed E-state index contributed by atoms with van der Waals surface area (Å²) in [5, 5.41) is 2.02. The summed E-state index contributed by atoms with van der Waals surface area (Å²) >= 11 is 0. The van der Waals surface area contributed by atoms with Crippen LogP contribution >= 0.6 is 0 Å². The first kappa shape index (κ1) is 22.8. The second-order valence-corrected chi connectivity index (χ2v) is 9.02. The lowest BCUT2D eigenvalue weighted by molar-refractivity contribution is 0.301. The number of aromatic amines is 1. The maximum Gasteiger partial charge on any atom is 0.259 e. The number of rotatable bonds is 7. The van der Waals surface area contributed by atoms with Gasteiger partial charge in [-0.15, -0.1) is 0 Å². The molecule has 3 aromatic carbocycles. The van der Waals surface area contributed by atoms with Crippen molar-refractivity contribution in [3.05, 3.63) is 112 Å². The molecule has 0 atom stereocenters. The van der Waals surface area contributed by atoms with Crippen LogP contribution in [0.3, 0.4) is 0 Å². The Kier molecular flexibility index (Phi) is 6.02.